The van der Waals surface area contributed by atoms with Crippen molar-refractivity contribution in [3.63, 3.8) is 0 Å². The lowest BCUT2D eigenvalue weighted by Crippen LogP contribution is -1.86. The maximum atomic E-state index is 11.3. The molecule has 0 radical (unpaired) electrons. The number of non-ortho nitro benzene ring substituents is 1. The van der Waals surface area contributed by atoms with E-state index in [1.54, 1.807) is 0 Å². The van der Waals surface area contributed by atoms with E-state index < -0.39 is 4.92 Å². The first-order valence-corrected chi connectivity index (χ1v) is 5.92. The second-order valence-electron chi connectivity index (χ2n) is 4.27. The molecule has 0 aliphatic carbocycles. The van der Waals surface area contributed by atoms with Crippen LogP contribution in [-0.2, 0) is 0 Å². The maximum absolute atomic E-state index is 11.3. The molecule has 0 aliphatic rings. The molecule has 0 spiro atoms. The Morgan fingerprint density at radius 2 is 1.85 bits per heavy atom. The van der Waals surface area contributed by atoms with Crippen LogP contribution in [0.4, 0.5) is 5.69 Å². The number of nitro groups is 1. The van der Waals surface area contributed by atoms with E-state index in [2.05, 4.69) is 0 Å². The van der Waals surface area contributed by atoms with Gasteiger partial charge in [-0.3, -0.25) is 14.9 Å². The second-order valence-corrected chi connectivity index (χ2v) is 4.27. The van der Waals surface area contributed by atoms with Gasteiger partial charge in [0, 0.05) is 17.0 Å². The van der Waals surface area contributed by atoms with Crippen molar-refractivity contribution < 1.29 is 14.1 Å². The summed E-state index contributed by atoms with van der Waals surface area (Å²) in [6.07, 6.45) is 0.708. The summed E-state index contributed by atoms with van der Waals surface area (Å²) in [5.41, 5.74) is 1.43. The summed E-state index contributed by atoms with van der Waals surface area (Å²) >= 11 is 0. The van der Waals surface area contributed by atoms with Crippen LogP contribution in [0.15, 0.2) is 52.9 Å². The second kappa shape index (κ2) is 4.62. The predicted molar refractivity (Wildman–Crippen MR) is 73.7 cm³/mol. The Bertz CT molecular complexity index is 805. The summed E-state index contributed by atoms with van der Waals surface area (Å²) < 4.78 is 5.63. The minimum Gasteiger partial charge on any atom is -0.455 e. The van der Waals surface area contributed by atoms with E-state index >= 15 is 0 Å². The van der Waals surface area contributed by atoms with Gasteiger partial charge < -0.3 is 4.42 Å². The average Bonchev–Trinajstić information content (AvgIpc) is 2.85. The largest absolute Gasteiger partial charge is 0.455 e. The highest BCUT2D eigenvalue weighted by Crippen LogP contribution is 2.34. The van der Waals surface area contributed by atoms with Gasteiger partial charge in [-0.1, -0.05) is 30.3 Å². The fourth-order valence-corrected chi connectivity index (χ4v) is 2.14. The number of nitrogens with zero attached hydrogens (tertiary/aromatic N) is 1. The Labute approximate surface area is 113 Å². The fraction of sp³-hybridized carbons (Fsp3) is 0. The van der Waals surface area contributed by atoms with Crippen LogP contribution in [0.2, 0.25) is 0 Å². The molecule has 0 saturated carbocycles. The van der Waals surface area contributed by atoms with Crippen molar-refractivity contribution in [3.8, 4) is 11.3 Å². The third kappa shape index (κ3) is 1.85. The Balaban J connectivity index is 2.28. The number of furan rings is 1. The molecule has 0 fully saturated rings. The van der Waals surface area contributed by atoms with Crippen LogP contribution in [0.3, 0.4) is 0 Å². The van der Waals surface area contributed by atoms with Gasteiger partial charge in [0.1, 0.15) is 11.3 Å². The molecule has 0 bridgehead atoms. The number of carbonyl (C=O) groups is 1. The van der Waals surface area contributed by atoms with Crippen molar-refractivity contribution in [1.29, 1.82) is 0 Å². The number of rotatable bonds is 3. The molecule has 20 heavy (non-hydrogen) atoms. The standard InChI is InChI=1S/C15H9NO4/c17-9-13-12-7-6-11(16(18)19)8-14(12)20-15(13)10-4-2-1-3-5-10/h1-9H. The minimum absolute atomic E-state index is 0.0664. The van der Waals surface area contributed by atoms with E-state index in [1.165, 1.54) is 18.2 Å². The van der Waals surface area contributed by atoms with Gasteiger partial charge in [0.15, 0.2) is 6.29 Å². The summed E-state index contributed by atoms with van der Waals surface area (Å²) in [6, 6.07) is 13.4. The molecule has 0 atom stereocenters. The SMILES string of the molecule is O=Cc1c(-c2ccccc2)oc2cc([N+](=O)[O-])ccc12. The zero-order valence-corrected chi connectivity index (χ0v) is 10.3. The van der Waals surface area contributed by atoms with Gasteiger partial charge in [0.2, 0.25) is 0 Å². The Hall–Kier alpha value is -2.95. The van der Waals surface area contributed by atoms with E-state index in [1.807, 2.05) is 30.3 Å². The summed E-state index contributed by atoms with van der Waals surface area (Å²) in [7, 11) is 0. The number of aldehydes is 1. The van der Waals surface area contributed by atoms with E-state index in [4.69, 9.17) is 4.42 Å². The highest BCUT2D eigenvalue weighted by molar-refractivity contribution is 6.03. The van der Waals surface area contributed by atoms with E-state index in [0.717, 1.165) is 5.56 Å². The summed E-state index contributed by atoms with van der Waals surface area (Å²) in [5.74, 6) is 0.427. The monoisotopic (exact) mass is 267 g/mol. The van der Waals surface area contributed by atoms with Gasteiger partial charge >= 0.3 is 0 Å². The van der Waals surface area contributed by atoms with Crippen molar-refractivity contribution in [3.05, 3.63) is 64.2 Å². The summed E-state index contributed by atoms with van der Waals surface area (Å²) in [5, 5.41) is 11.3. The number of nitro benzene ring substituents is 1. The lowest BCUT2D eigenvalue weighted by atomic mass is 10.1. The molecular formula is C15H9NO4. The molecular weight excluding hydrogens is 258 g/mol. The third-order valence-electron chi connectivity index (χ3n) is 3.08. The Morgan fingerprint density at radius 3 is 2.50 bits per heavy atom. The predicted octanol–water partition coefficient (Wildman–Crippen LogP) is 3.82. The fourth-order valence-electron chi connectivity index (χ4n) is 2.14. The molecule has 3 aromatic rings. The Morgan fingerprint density at radius 1 is 1.10 bits per heavy atom. The first kappa shape index (κ1) is 12.1. The normalized spacial score (nSPS) is 10.6. The number of fused-ring (bicyclic) bond motifs is 1. The van der Waals surface area contributed by atoms with E-state index in [-0.39, 0.29) is 5.69 Å². The lowest BCUT2D eigenvalue weighted by molar-refractivity contribution is -0.384. The number of hydrogen-bond acceptors (Lipinski definition) is 4. The zero-order chi connectivity index (χ0) is 14.1. The van der Waals surface area contributed by atoms with Crippen molar-refractivity contribution in [2.75, 3.05) is 0 Å². The highest BCUT2D eigenvalue weighted by atomic mass is 16.6. The lowest BCUT2D eigenvalue weighted by Gasteiger charge is -1.96. The number of benzene rings is 2. The first-order chi connectivity index (χ1) is 9.70. The van der Waals surface area contributed by atoms with Crippen molar-refractivity contribution in [1.82, 2.24) is 0 Å². The molecule has 3 rings (SSSR count). The van der Waals surface area contributed by atoms with Crippen LogP contribution in [0.5, 0.6) is 0 Å². The topological polar surface area (TPSA) is 73.3 Å². The number of carbonyl (C=O) groups excluding carboxylic acids is 1. The molecule has 5 heteroatoms. The smallest absolute Gasteiger partial charge is 0.273 e. The minimum atomic E-state index is -0.495. The first-order valence-electron chi connectivity index (χ1n) is 5.92. The van der Waals surface area contributed by atoms with Gasteiger partial charge in [-0.15, -0.1) is 0 Å². The maximum Gasteiger partial charge on any atom is 0.273 e. The Kier molecular flexibility index (Phi) is 2.80. The molecule has 1 aromatic heterocycles. The summed E-state index contributed by atoms with van der Waals surface area (Å²) in [4.78, 5) is 21.6. The third-order valence-corrected chi connectivity index (χ3v) is 3.08. The van der Waals surface area contributed by atoms with Gasteiger partial charge in [-0.2, -0.15) is 0 Å². The van der Waals surface area contributed by atoms with Gasteiger partial charge in [-0.05, 0) is 6.07 Å². The van der Waals surface area contributed by atoms with Crippen LogP contribution < -0.4 is 0 Å². The van der Waals surface area contributed by atoms with Crippen LogP contribution in [-0.4, -0.2) is 11.2 Å². The molecule has 0 amide bonds. The average molecular weight is 267 g/mol. The van der Waals surface area contributed by atoms with Gasteiger partial charge in [0.05, 0.1) is 16.6 Å². The molecule has 2 aromatic carbocycles. The zero-order valence-electron chi connectivity index (χ0n) is 10.3. The van der Waals surface area contributed by atoms with E-state index in [9.17, 15) is 14.9 Å². The highest BCUT2D eigenvalue weighted by Gasteiger charge is 2.17. The molecule has 98 valence electrons. The van der Waals surface area contributed by atoms with Gasteiger partial charge in [-0.25, -0.2) is 0 Å². The molecule has 0 aliphatic heterocycles. The van der Waals surface area contributed by atoms with Crippen LogP contribution in [0.25, 0.3) is 22.3 Å². The van der Waals surface area contributed by atoms with Gasteiger partial charge in [0.25, 0.3) is 5.69 Å². The van der Waals surface area contributed by atoms with Crippen LogP contribution in [0, 0.1) is 10.1 Å². The van der Waals surface area contributed by atoms with Crippen LogP contribution >= 0.6 is 0 Å². The molecule has 5 nitrogen and oxygen atoms in total. The van der Waals surface area contributed by atoms with Crippen LogP contribution in [0.1, 0.15) is 10.4 Å². The van der Waals surface area contributed by atoms with Crippen molar-refractivity contribution in [2.45, 2.75) is 0 Å². The molecule has 0 N–H and O–H groups in total. The van der Waals surface area contributed by atoms with E-state index in [0.29, 0.717) is 28.6 Å². The van der Waals surface area contributed by atoms with Crippen molar-refractivity contribution in [2.24, 2.45) is 0 Å². The molecule has 0 unspecified atom stereocenters. The quantitative estimate of drug-likeness (QED) is 0.410. The summed E-state index contributed by atoms with van der Waals surface area (Å²) in [6.45, 7) is 0. The molecule has 0 saturated heterocycles. The number of hydrogen-bond donors (Lipinski definition) is 0. The molecule has 1 heterocycles. The van der Waals surface area contributed by atoms with Crippen molar-refractivity contribution >= 4 is 22.9 Å².